The quantitative estimate of drug-likeness (QED) is 0.915. The molecule has 1 aromatic heterocycles. The normalized spacial score (nSPS) is 15.8. The number of carbonyl (C=O) groups is 1. The van der Waals surface area contributed by atoms with Crippen molar-refractivity contribution in [1.82, 2.24) is 4.98 Å². The molecule has 1 aliphatic heterocycles. The van der Waals surface area contributed by atoms with Gasteiger partial charge in [0.05, 0.1) is 4.88 Å². The summed E-state index contributed by atoms with van der Waals surface area (Å²) < 4.78 is 0. The molecule has 0 saturated carbocycles. The number of amides is 1. The predicted molar refractivity (Wildman–Crippen MR) is 75.4 cm³/mol. The Morgan fingerprint density at radius 3 is 2.74 bits per heavy atom. The molecular formula is C14H14N2O2S. The minimum atomic E-state index is 0.165. The molecule has 1 N–H and O–H groups in total. The number of aromatic nitrogens is 1. The molecule has 0 bridgehead atoms. The highest BCUT2D eigenvalue weighted by Crippen LogP contribution is 2.33. The number of phenols is 1. The average molecular weight is 274 g/mol. The summed E-state index contributed by atoms with van der Waals surface area (Å²) >= 11 is 1.51. The van der Waals surface area contributed by atoms with Crippen molar-refractivity contribution in [2.45, 2.75) is 19.3 Å². The molecule has 0 atom stereocenters. The number of hydrogen-bond acceptors (Lipinski definition) is 4. The van der Waals surface area contributed by atoms with E-state index in [2.05, 4.69) is 4.98 Å². The van der Waals surface area contributed by atoms with Crippen molar-refractivity contribution in [2.24, 2.45) is 0 Å². The van der Waals surface area contributed by atoms with E-state index >= 15 is 0 Å². The van der Waals surface area contributed by atoms with Crippen molar-refractivity contribution in [2.75, 3.05) is 11.4 Å². The molecule has 0 radical (unpaired) electrons. The Morgan fingerprint density at radius 2 is 2.00 bits per heavy atom. The zero-order valence-electron chi connectivity index (χ0n) is 10.4. The maximum Gasteiger partial charge on any atom is 0.228 e. The van der Waals surface area contributed by atoms with E-state index in [1.165, 1.54) is 11.3 Å². The van der Waals surface area contributed by atoms with Crippen molar-refractivity contribution in [3.8, 4) is 16.2 Å². The van der Waals surface area contributed by atoms with Gasteiger partial charge in [0.2, 0.25) is 5.91 Å². The van der Waals surface area contributed by atoms with E-state index in [0.29, 0.717) is 6.42 Å². The van der Waals surface area contributed by atoms with Gasteiger partial charge < -0.3 is 5.11 Å². The summed E-state index contributed by atoms with van der Waals surface area (Å²) in [4.78, 5) is 19.0. The van der Waals surface area contributed by atoms with Crippen LogP contribution in [0.15, 0.2) is 30.5 Å². The molecule has 0 spiro atoms. The molecule has 19 heavy (non-hydrogen) atoms. The maximum absolute atomic E-state index is 11.8. The number of rotatable bonds is 2. The molecule has 2 heterocycles. The monoisotopic (exact) mass is 274 g/mol. The van der Waals surface area contributed by atoms with Gasteiger partial charge in [0.25, 0.3) is 0 Å². The van der Waals surface area contributed by atoms with Crippen LogP contribution in [0.4, 0.5) is 5.13 Å². The smallest absolute Gasteiger partial charge is 0.228 e. The number of hydrogen-bond donors (Lipinski definition) is 1. The lowest BCUT2D eigenvalue weighted by molar-refractivity contribution is -0.119. The first-order valence-corrected chi connectivity index (χ1v) is 7.11. The molecule has 1 aliphatic rings. The average Bonchev–Trinajstić information content (AvgIpc) is 2.89. The second-order valence-corrected chi connectivity index (χ2v) is 5.57. The third-order valence-electron chi connectivity index (χ3n) is 3.20. The van der Waals surface area contributed by atoms with Crippen LogP contribution >= 0.6 is 11.3 Å². The fourth-order valence-electron chi connectivity index (χ4n) is 2.16. The first-order chi connectivity index (χ1) is 9.24. The van der Waals surface area contributed by atoms with Crippen LogP contribution in [0.1, 0.15) is 19.3 Å². The standard InChI is InChI=1S/C14H14N2O2S/c17-11-6-4-10(5-7-11)12-9-15-14(19-12)16-8-2-1-3-13(16)18/h4-7,9,17H,1-3,8H2. The molecule has 0 unspecified atom stereocenters. The van der Waals surface area contributed by atoms with E-state index in [0.717, 1.165) is 35.0 Å². The van der Waals surface area contributed by atoms with Gasteiger partial charge in [-0.15, -0.1) is 0 Å². The van der Waals surface area contributed by atoms with Gasteiger partial charge in [-0.2, -0.15) is 0 Å². The Hall–Kier alpha value is -1.88. The second kappa shape index (κ2) is 5.01. The number of carbonyl (C=O) groups excluding carboxylic acids is 1. The lowest BCUT2D eigenvalue weighted by Gasteiger charge is -2.23. The Bertz CT molecular complexity index is 592. The summed E-state index contributed by atoms with van der Waals surface area (Å²) in [5.41, 5.74) is 1.01. The summed E-state index contributed by atoms with van der Waals surface area (Å²) in [7, 11) is 0. The van der Waals surface area contributed by atoms with Crippen molar-refractivity contribution >= 4 is 22.4 Å². The van der Waals surface area contributed by atoms with E-state index < -0.39 is 0 Å². The van der Waals surface area contributed by atoms with Crippen LogP contribution in [-0.2, 0) is 4.79 Å². The number of anilines is 1. The molecule has 1 saturated heterocycles. The Balaban J connectivity index is 1.86. The first kappa shape index (κ1) is 12.2. The van der Waals surface area contributed by atoms with E-state index in [1.807, 2.05) is 12.1 Å². The summed E-state index contributed by atoms with van der Waals surface area (Å²) in [5.74, 6) is 0.414. The van der Waals surface area contributed by atoms with Gasteiger partial charge in [0, 0.05) is 19.2 Å². The second-order valence-electron chi connectivity index (χ2n) is 4.56. The summed E-state index contributed by atoms with van der Waals surface area (Å²) in [6, 6.07) is 7.01. The minimum absolute atomic E-state index is 0.165. The van der Waals surface area contributed by atoms with Crippen molar-refractivity contribution in [3.63, 3.8) is 0 Å². The van der Waals surface area contributed by atoms with Crippen LogP contribution in [0.3, 0.4) is 0 Å². The number of benzene rings is 1. The van der Waals surface area contributed by atoms with Crippen molar-refractivity contribution < 1.29 is 9.90 Å². The largest absolute Gasteiger partial charge is 0.508 e. The van der Waals surface area contributed by atoms with Crippen molar-refractivity contribution in [1.29, 1.82) is 0 Å². The molecule has 1 fully saturated rings. The summed E-state index contributed by atoms with van der Waals surface area (Å²) in [6.07, 6.45) is 4.42. The Labute approximate surface area is 115 Å². The van der Waals surface area contributed by atoms with E-state index in [9.17, 15) is 9.90 Å². The van der Waals surface area contributed by atoms with Gasteiger partial charge in [-0.05, 0) is 42.7 Å². The molecule has 1 amide bonds. The van der Waals surface area contributed by atoms with Crippen LogP contribution in [0, 0.1) is 0 Å². The van der Waals surface area contributed by atoms with Crippen molar-refractivity contribution in [3.05, 3.63) is 30.5 Å². The van der Waals surface area contributed by atoms with E-state index in [1.54, 1.807) is 23.2 Å². The topological polar surface area (TPSA) is 53.4 Å². The van der Waals surface area contributed by atoms with Gasteiger partial charge in [0.15, 0.2) is 5.13 Å². The Morgan fingerprint density at radius 1 is 1.21 bits per heavy atom. The van der Waals surface area contributed by atoms with Crippen LogP contribution < -0.4 is 4.90 Å². The highest BCUT2D eigenvalue weighted by atomic mass is 32.1. The van der Waals surface area contributed by atoms with Crippen LogP contribution in [0.25, 0.3) is 10.4 Å². The number of nitrogens with zero attached hydrogens (tertiary/aromatic N) is 2. The van der Waals surface area contributed by atoms with E-state index in [-0.39, 0.29) is 11.7 Å². The van der Waals surface area contributed by atoms with Crippen LogP contribution in [0.2, 0.25) is 0 Å². The molecule has 0 aliphatic carbocycles. The third kappa shape index (κ3) is 2.46. The van der Waals surface area contributed by atoms with Crippen LogP contribution in [0.5, 0.6) is 5.75 Å². The van der Waals surface area contributed by atoms with Gasteiger partial charge in [0.1, 0.15) is 5.75 Å². The van der Waals surface area contributed by atoms with Gasteiger partial charge in [-0.1, -0.05) is 11.3 Å². The fraction of sp³-hybridized carbons (Fsp3) is 0.286. The molecular weight excluding hydrogens is 260 g/mol. The highest BCUT2D eigenvalue weighted by Gasteiger charge is 2.22. The Kier molecular flexibility index (Phi) is 3.21. The van der Waals surface area contributed by atoms with Crippen LogP contribution in [-0.4, -0.2) is 22.5 Å². The van der Waals surface area contributed by atoms with E-state index in [4.69, 9.17) is 0 Å². The number of piperidine rings is 1. The number of thiazole rings is 1. The fourth-order valence-corrected chi connectivity index (χ4v) is 3.12. The van der Waals surface area contributed by atoms with Gasteiger partial charge in [-0.25, -0.2) is 4.98 Å². The zero-order valence-corrected chi connectivity index (χ0v) is 11.2. The molecule has 5 heteroatoms. The summed E-state index contributed by atoms with van der Waals surface area (Å²) in [6.45, 7) is 0.765. The molecule has 4 nitrogen and oxygen atoms in total. The lowest BCUT2D eigenvalue weighted by Crippen LogP contribution is -2.34. The number of aromatic hydroxyl groups is 1. The minimum Gasteiger partial charge on any atom is -0.508 e. The number of phenolic OH excluding ortho intramolecular Hbond substituents is 1. The third-order valence-corrected chi connectivity index (χ3v) is 4.27. The molecule has 98 valence electrons. The van der Waals surface area contributed by atoms with Gasteiger partial charge in [-0.3, -0.25) is 9.69 Å². The first-order valence-electron chi connectivity index (χ1n) is 6.29. The predicted octanol–water partition coefficient (Wildman–Crippen LogP) is 3.03. The lowest BCUT2D eigenvalue weighted by atomic mass is 10.1. The molecule has 1 aromatic carbocycles. The van der Waals surface area contributed by atoms with Gasteiger partial charge >= 0.3 is 0 Å². The highest BCUT2D eigenvalue weighted by molar-refractivity contribution is 7.19. The molecule has 3 rings (SSSR count). The maximum atomic E-state index is 11.8. The SMILES string of the molecule is O=C1CCCCN1c1ncc(-c2ccc(O)cc2)s1. The zero-order chi connectivity index (χ0) is 13.2. The summed E-state index contributed by atoms with van der Waals surface area (Å²) in [5, 5.41) is 10.1. The molecule has 2 aromatic rings.